The standard InChI is InChI=1S/C16H16N2O2S/c1-4-20-14-7-5-6-12(15(14)19)9-18-16-13(8-17)10(2)11(3)21-16/h5-7,9,19H,4H2,1-3H3. The molecular formula is C16H16N2O2S. The van der Waals surface area contributed by atoms with Crippen molar-refractivity contribution in [3.63, 3.8) is 0 Å². The Morgan fingerprint density at radius 2 is 2.19 bits per heavy atom. The average Bonchev–Trinajstić information content (AvgIpc) is 2.75. The number of ether oxygens (including phenoxy) is 1. The number of hydrogen-bond acceptors (Lipinski definition) is 5. The highest BCUT2D eigenvalue weighted by Crippen LogP contribution is 2.35. The molecule has 2 rings (SSSR count). The first-order valence-electron chi connectivity index (χ1n) is 6.57. The summed E-state index contributed by atoms with van der Waals surface area (Å²) < 4.78 is 5.34. The summed E-state index contributed by atoms with van der Waals surface area (Å²) in [6.07, 6.45) is 1.56. The van der Waals surface area contributed by atoms with Gasteiger partial charge in [0, 0.05) is 16.7 Å². The minimum Gasteiger partial charge on any atom is -0.504 e. The molecule has 5 heteroatoms. The van der Waals surface area contributed by atoms with E-state index < -0.39 is 0 Å². The topological polar surface area (TPSA) is 65.6 Å². The summed E-state index contributed by atoms with van der Waals surface area (Å²) in [5, 5.41) is 20.0. The first kappa shape index (κ1) is 15.1. The van der Waals surface area contributed by atoms with Crippen LogP contribution >= 0.6 is 11.3 Å². The van der Waals surface area contributed by atoms with Gasteiger partial charge in [-0.25, -0.2) is 4.99 Å². The van der Waals surface area contributed by atoms with Crippen LogP contribution in [-0.4, -0.2) is 17.9 Å². The van der Waals surface area contributed by atoms with E-state index in [1.54, 1.807) is 24.4 Å². The van der Waals surface area contributed by atoms with E-state index in [0.29, 0.717) is 28.5 Å². The van der Waals surface area contributed by atoms with E-state index in [0.717, 1.165) is 10.4 Å². The first-order chi connectivity index (χ1) is 10.1. The monoisotopic (exact) mass is 300 g/mol. The number of aromatic hydroxyl groups is 1. The Bertz CT molecular complexity index is 727. The predicted octanol–water partition coefficient (Wildman–Crippen LogP) is 4.09. The van der Waals surface area contributed by atoms with Crippen molar-refractivity contribution in [3.05, 3.63) is 39.8 Å². The van der Waals surface area contributed by atoms with Gasteiger partial charge in [0.2, 0.25) is 0 Å². The lowest BCUT2D eigenvalue weighted by atomic mass is 10.2. The molecule has 0 amide bonds. The molecule has 0 aliphatic rings. The zero-order valence-corrected chi connectivity index (χ0v) is 13.0. The fourth-order valence-corrected chi connectivity index (χ4v) is 2.83. The number of nitrogens with zero attached hydrogens (tertiary/aromatic N) is 2. The largest absolute Gasteiger partial charge is 0.504 e. The molecule has 0 atom stereocenters. The summed E-state index contributed by atoms with van der Waals surface area (Å²) in [5.74, 6) is 0.493. The third-order valence-corrected chi connectivity index (χ3v) is 4.24. The second-order valence-electron chi connectivity index (χ2n) is 4.46. The fraction of sp³-hybridized carbons (Fsp3) is 0.250. The van der Waals surface area contributed by atoms with Crippen LogP contribution in [0.1, 0.15) is 28.5 Å². The zero-order chi connectivity index (χ0) is 15.4. The SMILES string of the molecule is CCOc1cccc(C=Nc2sc(C)c(C)c2C#N)c1O. The number of phenols is 1. The van der Waals surface area contributed by atoms with Crippen LogP contribution in [0.2, 0.25) is 0 Å². The number of nitriles is 1. The number of thiophene rings is 1. The van der Waals surface area contributed by atoms with Crippen molar-refractivity contribution in [2.75, 3.05) is 6.61 Å². The maximum absolute atomic E-state index is 10.1. The summed E-state index contributed by atoms with van der Waals surface area (Å²) in [7, 11) is 0. The Morgan fingerprint density at radius 3 is 2.86 bits per heavy atom. The lowest BCUT2D eigenvalue weighted by Crippen LogP contribution is -1.93. The third kappa shape index (κ3) is 3.06. The minimum atomic E-state index is 0.0617. The van der Waals surface area contributed by atoms with Crippen LogP contribution in [0.25, 0.3) is 0 Å². The van der Waals surface area contributed by atoms with Crippen molar-refractivity contribution in [2.45, 2.75) is 20.8 Å². The van der Waals surface area contributed by atoms with Crippen LogP contribution in [0.3, 0.4) is 0 Å². The molecule has 0 bridgehead atoms. The van der Waals surface area contributed by atoms with Crippen molar-refractivity contribution < 1.29 is 9.84 Å². The van der Waals surface area contributed by atoms with E-state index in [4.69, 9.17) is 4.74 Å². The van der Waals surface area contributed by atoms with E-state index in [1.165, 1.54) is 11.3 Å². The molecule has 0 radical (unpaired) electrons. The van der Waals surface area contributed by atoms with Gasteiger partial charge in [0.1, 0.15) is 11.1 Å². The second-order valence-corrected chi connectivity index (χ2v) is 5.66. The predicted molar refractivity (Wildman–Crippen MR) is 85.0 cm³/mol. The Kier molecular flexibility index (Phi) is 4.61. The van der Waals surface area contributed by atoms with E-state index in [-0.39, 0.29) is 5.75 Å². The van der Waals surface area contributed by atoms with E-state index in [9.17, 15) is 10.4 Å². The molecule has 2 aromatic rings. The molecule has 0 aliphatic carbocycles. The van der Waals surface area contributed by atoms with Crippen LogP contribution in [-0.2, 0) is 0 Å². The summed E-state index contributed by atoms with van der Waals surface area (Å²) in [5.41, 5.74) is 2.12. The molecule has 0 saturated heterocycles. The molecule has 0 fully saturated rings. The Balaban J connectivity index is 2.37. The Hall–Kier alpha value is -2.32. The number of rotatable bonds is 4. The summed E-state index contributed by atoms with van der Waals surface area (Å²) in [6, 6.07) is 7.43. The summed E-state index contributed by atoms with van der Waals surface area (Å²) in [4.78, 5) is 5.42. The number of aryl methyl sites for hydroxylation is 1. The quantitative estimate of drug-likeness (QED) is 0.865. The van der Waals surface area contributed by atoms with E-state index in [2.05, 4.69) is 11.1 Å². The van der Waals surface area contributed by atoms with Gasteiger partial charge < -0.3 is 9.84 Å². The molecule has 0 spiro atoms. The van der Waals surface area contributed by atoms with Crippen LogP contribution < -0.4 is 4.74 Å². The van der Waals surface area contributed by atoms with Gasteiger partial charge in [-0.2, -0.15) is 5.26 Å². The fourth-order valence-electron chi connectivity index (χ4n) is 1.88. The second kappa shape index (κ2) is 6.42. The van der Waals surface area contributed by atoms with Crippen LogP contribution in [0.4, 0.5) is 5.00 Å². The van der Waals surface area contributed by atoms with Crippen LogP contribution in [0, 0.1) is 25.2 Å². The Labute approximate surface area is 128 Å². The van der Waals surface area contributed by atoms with Gasteiger partial charge in [0.15, 0.2) is 11.5 Å². The van der Waals surface area contributed by atoms with Gasteiger partial charge in [-0.15, -0.1) is 11.3 Å². The molecule has 108 valence electrons. The molecule has 4 nitrogen and oxygen atoms in total. The summed E-state index contributed by atoms with van der Waals surface area (Å²) >= 11 is 1.47. The van der Waals surface area contributed by atoms with Crippen molar-refractivity contribution >= 4 is 22.6 Å². The van der Waals surface area contributed by atoms with E-state index in [1.807, 2.05) is 20.8 Å². The van der Waals surface area contributed by atoms with Gasteiger partial charge >= 0.3 is 0 Å². The van der Waals surface area contributed by atoms with E-state index >= 15 is 0 Å². The van der Waals surface area contributed by atoms with Crippen molar-refractivity contribution in [1.82, 2.24) is 0 Å². The highest BCUT2D eigenvalue weighted by molar-refractivity contribution is 7.16. The van der Waals surface area contributed by atoms with Gasteiger partial charge in [-0.1, -0.05) is 6.07 Å². The highest BCUT2D eigenvalue weighted by Gasteiger charge is 2.11. The highest BCUT2D eigenvalue weighted by atomic mass is 32.1. The molecule has 1 aromatic heterocycles. The first-order valence-corrected chi connectivity index (χ1v) is 7.39. The minimum absolute atomic E-state index is 0.0617. The smallest absolute Gasteiger partial charge is 0.166 e. The molecule has 0 saturated carbocycles. The maximum Gasteiger partial charge on any atom is 0.166 e. The lowest BCUT2D eigenvalue weighted by Gasteiger charge is -2.06. The molecular weight excluding hydrogens is 284 g/mol. The number of benzene rings is 1. The van der Waals surface area contributed by atoms with Crippen molar-refractivity contribution in [2.24, 2.45) is 4.99 Å². The van der Waals surface area contributed by atoms with Gasteiger partial charge in [-0.05, 0) is 38.5 Å². The van der Waals surface area contributed by atoms with Crippen LogP contribution in [0.5, 0.6) is 11.5 Å². The molecule has 0 aliphatic heterocycles. The number of hydrogen-bond donors (Lipinski definition) is 1. The summed E-state index contributed by atoms with van der Waals surface area (Å²) in [6.45, 7) is 6.22. The Morgan fingerprint density at radius 1 is 1.43 bits per heavy atom. The van der Waals surface area contributed by atoms with Crippen LogP contribution in [0.15, 0.2) is 23.2 Å². The van der Waals surface area contributed by atoms with Crippen molar-refractivity contribution in [1.29, 1.82) is 5.26 Å². The number of para-hydroxylation sites is 1. The number of aliphatic imine (C=N–C) groups is 1. The van der Waals surface area contributed by atoms with Crippen molar-refractivity contribution in [3.8, 4) is 17.6 Å². The third-order valence-electron chi connectivity index (χ3n) is 3.13. The number of phenolic OH excluding ortho intramolecular Hbond substituents is 1. The molecule has 1 N–H and O–H groups in total. The molecule has 0 unspecified atom stereocenters. The lowest BCUT2D eigenvalue weighted by molar-refractivity contribution is 0.318. The van der Waals surface area contributed by atoms with Gasteiger partial charge in [-0.3, -0.25) is 0 Å². The molecule has 1 heterocycles. The van der Waals surface area contributed by atoms with Gasteiger partial charge in [0.25, 0.3) is 0 Å². The average molecular weight is 300 g/mol. The normalized spacial score (nSPS) is 10.8. The maximum atomic E-state index is 10.1. The molecule has 1 aromatic carbocycles. The van der Waals surface area contributed by atoms with Gasteiger partial charge in [0.05, 0.1) is 12.2 Å². The zero-order valence-electron chi connectivity index (χ0n) is 12.2. The molecule has 21 heavy (non-hydrogen) atoms.